The second-order valence-electron chi connectivity index (χ2n) is 4.61. The Labute approximate surface area is 129 Å². The van der Waals surface area contributed by atoms with Crippen LogP contribution in [0.15, 0.2) is 30.6 Å². The monoisotopic (exact) mass is 316 g/mol. The quantitative estimate of drug-likeness (QED) is 0.412. The molecule has 0 aliphatic rings. The van der Waals surface area contributed by atoms with Crippen molar-refractivity contribution in [3.8, 4) is 0 Å². The maximum absolute atomic E-state index is 11.2. The van der Waals surface area contributed by atoms with Crippen LogP contribution in [-0.4, -0.2) is 31.7 Å². The van der Waals surface area contributed by atoms with E-state index in [2.05, 4.69) is 15.0 Å². The molecule has 22 heavy (non-hydrogen) atoms. The van der Waals surface area contributed by atoms with Crippen LogP contribution in [0, 0.1) is 0 Å². The Kier molecular flexibility index (Phi) is 3.26. The SMILES string of the molecule is Nc1cc(Cl)ccc1C(=[NH2+])c1cnc2[nH]cc(C(=O)O)c2n1. The van der Waals surface area contributed by atoms with Crippen molar-refractivity contribution in [3.63, 3.8) is 0 Å². The number of nitrogens with one attached hydrogen (secondary N) is 1. The van der Waals surface area contributed by atoms with Gasteiger partial charge in [0.25, 0.3) is 0 Å². The van der Waals surface area contributed by atoms with Gasteiger partial charge in [0.2, 0.25) is 5.71 Å². The van der Waals surface area contributed by atoms with Gasteiger partial charge >= 0.3 is 5.97 Å². The number of nitrogens with zero attached hydrogens (tertiary/aromatic N) is 2. The van der Waals surface area contributed by atoms with Crippen LogP contribution in [0.3, 0.4) is 0 Å². The summed E-state index contributed by atoms with van der Waals surface area (Å²) in [6.45, 7) is 0. The molecule has 0 fully saturated rings. The lowest BCUT2D eigenvalue weighted by atomic mass is 10.1. The molecule has 0 amide bonds. The fourth-order valence-corrected chi connectivity index (χ4v) is 2.28. The lowest BCUT2D eigenvalue weighted by molar-refractivity contribution is -0.111. The van der Waals surface area contributed by atoms with E-state index in [4.69, 9.17) is 27.9 Å². The number of carboxylic acids is 1. The van der Waals surface area contributed by atoms with Crippen LogP contribution >= 0.6 is 11.6 Å². The van der Waals surface area contributed by atoms with Gasteiger partial charge in [0.1, 0.15) is 11.1 Å². The van der Waals surface area contributed by atoms with Gasteiger partial charge in [-0.15, -0.1) is 0 Å². The van der Waals surface area contributed by atoms with Crippen molar-refractivity contribution in [3.05, 3.63) is 52.4 Å². The van der Waals surface area contributed by atoms with Gasteiger partial charge in [0.15, 0.2) is 11.3 Å². The zero-order valence-electron chi connectivity index (χ0n) is 11.2. The minimum absolute atomic E-state index is 0.0289. The normalized spacial score (nSPS) is 10.8. The van der Waals surface area contributed by atoms with E-state index < -0.39 is 5.97 Å². The van der Waals surface area contributed by atoms with Crippen molar-refractivity contribution >= 4 is 40.1 Å². The third-order valence-corrected chi connectivity index (χ3v) is 3.43. The Bertz CT molecular complexity index is 919. The molecule has 0 spiro atoms. The molecule has 3 aromatic rings. The van der Waals surface area contributed by atoms with Gasteiger partial charge in [0.05, 0.1) is 11.8 Å². The molecule has 2 heterocycles. The molecule has 110 valence electrons. The molecule has 0 bridgehead atoms. The Balaban J connectivity index is 2.11. The predicted octanol–water partition coefficient (Wildman–Crippen LogP) is 0.488. The number of aromatic nitrogens is 3. The van der Waals surface area contributed by atoms with Crippen molar-refractivity contribution in [2.75, 3.05) is 5.73 Å². The minimum atomic E-state index is -1.10. The molecule has 0 radical (unpaired) electrons. The van der Waals surface area contributed by atoms with E-state index in [1.165, 1.54) is 12.4 Å². The largest absolute Gasteiger partial charge is 0.478 e. The predicted molar refractivity (Wildman–Crippen MR) is 81.8 cm³/mol. The number of H-pyrrole nitrogens is 1. The van der Waals surface area contributed by atoms with Crippen LogP contribution in [0.25, 0.3) is 11.2 Å². The molecule has 0 unspecified atom stereocenters. The number of hydrogen-bond donors (Lipinski definition) is 4. The molecule has 0 saturated carbocycles. The molecule has 3 rings (SSSR count). The van der Waals surface area contributed by atoms with Crippen LogP contribution in [0.1, 0.15) is 21.6 Å². The van der Waals surface area contributed by atoms with E-state index in [1.807, 2.05) is 0 Å². The first-order valence-electron chi connectivity index (χ1n) is 6.23. The van der Waals surface area contributed by atoms with E-state index in [9.17, 15) is 4.79 Å². The summed E-state index contributed by atoms with van der Waals surface area (Å²) >= 11 is 5.86. The molecule has 7 nitrogen and oxygen atoms in total. The van der Waals surface area contributed by atoms with E-state index >= 15 is 0 Å². The zero-order valence-corrected chi connectivity index (χ0v) is 11.9. The number of carboxylic acid groups (broad SMARTS) is 1. The standard InChI is InChI=1S/C14H10ClN5O2/c15-6-1-2-7(9(16)3-6)11(17)10-5-19-13-12(20-10)8(4-18-13)14(21)22/h1-5,17H,16H2,(H,18,19)(H,21,22)/p+1. The first-order chi connectivity index (χ1) is 10.5. The molecule has 6 N–H and O–H groups in total. The van der Waals surface area contributed by atoms with Crippen molar-refractivity contribution in [1.82, 2.24) is 15.0 Å². The highest BCUT2D eigenvalue weighted by atomic mass is 35.5. The molecule has 0 atom stereocenters. The number of nitrogen functional groups attached to an aromatic ring is 1. The van der Waals surface area contributed by atoms with Crippen molar-refractivity contribution < 1.29 is 15.3 Å². The van der Waals surface area contributed by atoms with Crippen LogP contribution in [-0.2, 0) is 0 Å². The number of aromatic carboxylic acids is 1. The summed E-state index contributed by atoms with van der Waals surface area (Å²) in [6, 6.07) is 4.91. The number of anilines is 1. The molecule has 0 saturated heterocycles. The van der Waals surface area contributed by atoms with Gasteiger partial charge < -0.3 is 15.8 Å². The lowest BCUT2D eigenvalue weighted by Gasteiger charge is -2.03. The number of nitrogens with two attached hydrogens (primary N) is 2. The Morgan fingerprint density at radius 1 is 1.36 bits per heavy atom. The Hall–Kier alpha value is -2.93. The number of fused-ring (bicyclic) bond motifs is 1. The Morgan fingerprint density at radius 3 is 2.82 bits per heavy atom. The van der Waals surface area contributed by atoms with Gasteiger partial charge in [-0.25, -0.2) is 14.8 Å². The summed E-state index contributed by atoms with van der Waals surface area (Å²) in [5.41, 5.74) is 8.13. The second kappa shape index (κ2) is 5.12. The smallest absolute Gasteiger partial charge is 0.339 e. The number of hydrogen-bond acceptors (Lipinski definition) is 4. The molecule has 8 heteroatoms. The summed E-state index contributed by atoms with van der Waals surface area (Å²) in [4.78, 5) is 22.3. The van der Waals surface area contributed by atoms with Gasteiger partial charge in [-0.05, 0) is 18.2 Å². The van der Waals surface area contributed by atoms with E-state index in [-0.39, 0.29) is 11.1 Å². The molecule has 0 aliphatic carbocycles. The fraction of sp³-hybridized carbons (Fsp3) is 0. The zero-order chi connectivity index (χ0) is 15.9. The molecular weight excluding hydrogens is 306 g/mol. The number of benzene rings is 1. The van der Waals surface area contributed by atoms with Crippen LogP contribution in [0.5, 0.6) is 0 Å². The van der Waals surface area contributed by atoms with Gasteiger partial charge in [-0.1, -0.05) is 11.6 Å². The van der Waals surface area contributed by atoms with Gasteiger partial charge in [-0.2, -0.15) is 0 Å². The van der Waals surface area contributed by atoms with Crippen LogP contribution < -0.4 is 11.1 Å². The summed E-state index contributed by atoms with van der Waals surface area (Å²) < 4.78 is 0. The van der Waals surface area contributed by atoms with Gasteiger partial charge in [0, 0.05) is 16.9 Å². The van der Waals surface area contributed by atoms with Crippen molar-refractivity contribution in [2.45, 2.75) is 0 Å². The summed E-state index contributed by atoms with van der Waals surface area (Å²) in [6.07, 6.45) is 2.79. The number of rotatable bonds is 3. The topological polar surface area (TPSA) is 130 Å². The number of carbonyl (C=O) groups is 1. The van der Waals surface area contributed by atoms with Crippen LogP contribution in [0.2, 0.25) is 5.02 Å². The minimum Gasteiger partial charge on any atom is -0.478 e. The number of halogens is 1. The molecule has 0 aliphatic heterocycles. The highest BCUT2D eigenvalue weighted by molar-refractivity contribution is 6.31. The number of aromatic amines is 1. The fourth-order valence-electron chi connectivity index (χ4n) is 2.10. The molecular formula is C14H11ClN5O2+. The summed E-state index contributed by atoms with van der Waals surface area (Å²) in [7, 11) is 0. The maximum Gasteiger partial charge on any atom is 0.339 e. The highest BCUT2D eigenvalue weighted by Gasteiger charge is 2.19. The first-order valence-corrected chi connectivity index (χ1v) is 6.61. The third-order valence-electron chi connectivity index (χ3n) is 3.19. The first kappa shape index (κ1) is 14.0. The highest BCUT2D eigenvalue weighted by Crippen LogP contribution is 2.20. The summed E-state index contributed by atoms with van der Waals surface area (Å²) in [5.74, 6) is -1.10. The molecule has 2 aromatic heterocycles. The average molecular weight is 317 g/mol. The average Bonchev–Trinajstić information content (AvgIpc) is 2.89. The van der Waals surface area contributed by atoms with E-state index in [0.29, 0.717) is 33.3 Å². The maximum atomic E-state index is 11.2. The van der Waals surface area contributed by atoms with Crippen molar-refractivity contribution in [1.29, 1.82) is 0 Å². The second-order valence-corrected chi connectivity index (χ2v) is 5.04. The third kappa shape index (κ3) is 2.27. The van der Waals surface area contributed by atoms with Crippen LogP contribution in [0.4, 0.5) is 5.69 Å². The van der Waals surface area contributed by atoms with Gasteiger partial charge in [-0.3, -0.25) is 5.41 Å². The summed E-state index contributed by atoms with van der Waals surface area (Å²) in [5, 5.41) is 15.7. The Morgan fingerprint density at radius 2 is 2.14 bits per heavy atom. The van der Waals surface area contributed by atoms with Crippen molar-refractivity contribution in [2.24, 2.45) is 0 Å². The van der Waals surface area contributed by atoms with E-state index in [0.717, 1.165) is 0 Å². The lowest BCUT2D eigenvalue weighted by Crippen LogP contribution is -2.42. The van der Waals surface area contributed by atoms with E-state index in [1.54, 1.807) is 18.2 Å². The molecule has 1 aromatic carbocycles.